The average molecular weight is 235 g/mol. The van der Waals surface area contributed by atoms with Crippen LogP contribution in [0.5, 0.6) is 0 Å². The summed E-state index contributed by atoms with van der Waals surface area (Å²) in [6.07, 6.45) is 7.08. The number of rotatable bonds is 3. The van der Waals surface area contributed by atoms with E-state index in [1.165, 1.54) is 0 Å². The number of halogens is 1. The lowest BCUT2D eigenvalue weighted by Gasteiger charge is -2.00. The number of hydrogen-bond donors (Lipinski definition) is 1. The highest BCUT2D eigenvalue weighted by Crippen LogP contribution is 2.14. The number of benzene rings is 1. The third-order valence-corrected chi connectivity index (χ3v) is 2.33. The van der Waals surface area contributed by atoms with Gasteiger partial charge in [-0.25, -0.2) is 4.68 Å². The summed E-state index contributed by atoms with van der Waals surface area (Å²) < 4.78 is 1.74. The summed E-state index contributed by atoms with van der Waals surface area (Å²) in [6.45, 7) is 0.0301. The van der Waals surface area contributed by atoms with Crippen LogP contribution in [-0.2, 0) is 0 Å². The zero-order valence-electron chi connectivity index (χ0n) is 8.55. The topological polar surface area (TPSA) is 38.1 Å². The van der Waals surface area contributed by atoms with Crippen LogP contribution < -0.4 is 0 Å². The van der Waals surface area contributed by atoms with Gasteiger partial charge in [-0.1, -0.05) is 29.8 Å². The van der Waals surface area contributed by atoms with Crippen LogP contribution in [0, 0.1) is 0 Å². The summed E-state index contributed by atoms with van der Waals surface area (Å²) in [5.74, 6) is 0. The van der Waals surface area contributed by atoms with Gasteiger partial charge < -0.3 is 5.11 Å². The molecular formula is C12H11ClN2O. The standard InChI is InChI=1S/C12H11ClN2O/c13-11-4-1-5-12(7-11)15-9-10(8-14-15)3-2-6-16/h1-5,7-9,16H,6H2. The van der Waals surface area contributed by atoms with Gasteiger partial charge in [-0.05, 0) is 18.2 Å². The van der Waals surface area contributed by atoms with Gasteiger partial charge in [0.1, 0.15) is 0 Å². The second-order valence-electron chi connectivity index (χ2n) is 3.28. The van der Waals surface area contributed by atoms with Crippen LogP contribution in [0.2, 0.25) is 5.02 Å². The van der Waals surface area contributed by atoms with Crippen LogP contribution in [0.3, 0.4) is 0 Å². The van der Waals surface area contributed by atoms with Crippen LogP contribution in [0.25, 0.3) is 11.8 Å². The Kier molecular flexibility index (Phi) is 3.39. The molecule has 0 bridgehead atoms. The molecule has 0 amide bonds. The minimum absolute atomic E-state index is 0.0301. The van der Waals surface area contributed by atoms with E-state index in [2.05, 4.69) is 5.10 Å². The van der Waals surface area contributed by atoms with Crippen LogP contribution in [0.1, 0.15) is 5.56 Å². The normalized spacial score (nSPS) is 11.1. The quantitative estimate of drug-likeness (QED) is 0.886. The fraction of sp³-hybridized carbons (Fsp3) is 0.0833. The first-order valence-electron chi connectivity index (χ1n) is 4.87. The fourth-order valence-electron chi connectivity index (χ4n) is 1.37. The second kappa shape index (κ2) is 4.96. The Bertz CT molecular complexity index is 505. The molecule has 0 saturated heterocycles. The second-order valence-corrected chi connectivity index (χ2v) is 3.72. The zero-order valence-corrected chi connectivity index (χ0v) is 9.30. The third kappa shape index (κ3) is 2.51. The Morgan fingerprint density at radius 1 is 1.44 bits per heavy atom. The summed E-state index contributed by atoms with van der Waals surface area (Å²) in [7, 11) is 0. The molecule has 82 valence electrons. The van der Waals surface area contributed by atoms with Gasteiger partial charge in [-0.3, -0.25) is 0 Å². The Hall–Kier alpha value is -1.58. The lowest BCUT2D eigenvalue weighted by atomic mass is 10.3. The van der Waals surface area contributed by atoms with Gasteiger partial charge in [0.05, 0.1) is 18.5 Å². The van der Waals surface area contributed by atoms with E-state index in [1.54, 1.807) is 17.0 Å². The third-order valence-electron chi connectivity index (χ3n) is 2.09. The Morgan fingerprint density at radius 2 is 2.31 bits per heavy atom. The molecule has 1 aromatic heterocycles. The van der Waals surface area contributed by atoms with Crippen molar-refractivity contribution in [3.63, 3.8) is 0 Å². The Morgan fingerprint density at radius 3 is 3.06 bits per heavy atom. The summed E-state index contributed by atoms with van der Waals surface area (Å²) >= 11 is 5.90. The molecule has 1 aromatic carbocycles. The van der Waals surface area contributed by atoms with Crippen molar-refractivity contribution >= 4 is 17.7 Å². The van der Waals surface area contributed by atoms with E-state index in [9.17, 15) is 0 Å². The predicted octanol–water partition coefficient (Wildman–Crippen LogP) is 2.53. The molecular weight excluding hydrogens is 224 g/mol. The molecule has 0 atom stereocenters. The monoisotopic (exact) mass is 234 g/mol. The number of hydrogen-bond acceptors (Lipinski definition) is 2. The number of nitrogens with zero attached hydrogens (tertiary/aromatic N) is 2. The molecule has 16 heavy (non-hydrogen) atoms. The lowest BCUT2D eigenvalue weighted by molar-refractivity contribution is 0.343. The molecule has 4 heteroatoms. The fourth-order valence-corrected chi connectivity index (χ4v) is 1.56. The number of aliphatic hydroxyl groups is 1. The number of aliphatic hydroxyl groups excluding tert-OH is 1. The largest absolute Gasteiger partial charge is 0.392 e. The van der Waals surface area contributed by atoms with Crippen LogP contribution in [0.4, 0.5) is 0 Å². The van der Waals surface area contributed by atoms with Gasteiger partial charge in [0.2, 0.25) is 0 Å². The molecule has 0 unspecified atom stereocenters. The molecule has 3 nitrogen and oxygen atoms in total. The first-order valence-corrected chi connectivity index (χ1v) is 5.25. The Balaban J connectivity index is 2.28. The zero-order chi connectivity index (χ0) is 11.4. The highest BCUT2D eigenvalue weighted by molar-refractivity contribution is 6.30. The van der Waals surface area contributed by atoms with Crippen molar-refractivity contribution in [3.05, 3.63) is 53.3 Å². The molecule has 1 heterocycles. The number of aromatic nitrogens is 2. The molecule has 0 spiro atoms. The highest BCUT2D eigenvalue weighted by Gasteiger charge is 1.99. The van der Waals surface area contributed by atoms with Crippen molar-refractivity contribution in [3.8, 4) is 5.69 Å². The lowest BCUT2D eigenvalue weighted by Crippen LogP contribution is -1.92. The van der Waals surface area contributed by atoms with Gasteiger partial charge in [0, 0.05) is 16.8 Å². The van der Waals surface area contributed by atoms with E-state index < -0.39 is 0 Å². The first-order chi connectivity index (χ1) is 7.79. The van der Waals surface area contributed by atoms with Gasteiger partial charge in [0.15, 0.2) is 0 Å². The molecule has 0 radical (unpaired) electrons. The summed E-state index contributed by atoms with van der Waals surface area (Å²) in [4.78, 5) is 0. The van der Waals surface area contributed by atoms with E-state index in [1.807, 2.05) is 36.5 Å². The maximum absolute atomic E-state index is 8.66. The summed E-state index contributed by atoms with van der Waals surface area (Å²) in [5.41, 5.74) is 1.85. The summed E-state index contributed by atoms with van der Waals surface area (Å²) in [5, 5.41) is 13.5. The molecule has 0 aliphatic rings. The van der Waals surface area contributed by atoms with Crippen molar-refractivity contribution in [1.82, 2.24) is 9.78 Å². The smallest absolute Gasteiger partial charge is 0.0660 e. The first kappa shape index (κ1) is 10.9. The van der Waals surface area contributed by atoms with E-state index in [4.69, 9.17) is 16.7 Å². The predicted molar refractivity (Wildman–Crippen MR) is 64.7 cm³/mol. The van der Waals surface area contributed by atoms with Gasteiger partial charge in [-0.15, -0.1) is 0 Å². The minimum Gasteiger partial charge on any atom is -0.392 e. The minimum atomic E-state index is 0.0301. The van der Waals surface area contributed by atoms with Crippen LogP contribution in [-0.4, -0.2) is 21.5 Å². The molecule has 0 fully saturated rings. The van der Waals surface area contributed by atoms with E-state index in [0.29, 0.717) is 5.02 Å². The van der Waals surface area contributed by atoms with Crippen molar-refractivity contribution in [2.24, 2.45) is 0 Å². The average Bonchev–Trinajstić information content (AvgIpc) is 2.75. The molecule has 1 N–H and O–H groups in total. The maximum atomic E-state index is 8.66. The van der Waals surface area contributed by atoms with Crippen LogP contribution in [0.15, 0.2) is 42.7 Å². The van der Waals surface area contributed by atoms with Gasteiger partial charge in [0.25, 0.3) is 0 Å². The van der Waals surface area contributed by atoms with Crippen molar-refractivity contribution < 1.29 is 5.11 Å². The van der Waals surface area contributed by atoms with E-state index in [-0.39, 0.29) is 6.61 Å². The van der Waals surface area contributed by atoms with Crippen molar-refractivity contribution in [2.75, 3.05) is 6.61 Å². The van der Waals surface area contributed by atoms with Gasteiger partial charge in [-0.2, -0.15) is 5.10 Å². The molecule has 0 aliphatic carbocycles. The molecule has 0 aliphatic heterocycles. The highest BCUT2D eigenvalue weighted by atomic mass is 35.5. The summed E-state index contributed by atoms with van der Waals surface area (Å²) in [6, 6.07) is 7.47. The van der Waals surface area contributed by atoms with E-state index >= 15 is 0 Å². The van der Waals surface area contributed by atoms with E-state index in [0.717, 1.165) is 11.3 Å². The molecule has 2 rings (SSSR count). The van der Waals surface area contributed by atoms with Gasteiger partial charge >= 0.3 is 0 Å². The Labute approximate surface area is 98.6 Å². The molecule has 0 saturated carbocycles. The SMILES string of the molecule is OCC=Cc1cnn(-c2cccc(Cl)c2)c1. The van der Waals surface area contributed by atoms with Crippen molar-refractivity contribution in [2.45, 2.75) is 0 Å². The molecule has 2 aromatic rings. The van der Waals surface area contributed by atoms with Crippen molar-refractivity contribution in [1.29, 1.82) is 0 Å². The maximum Gasteiger partial charge on any atom is 0.0660 e. The van der Waals surface area contributed by atoms with Crippen LogP contribution >= 0.6 is 11.6 Å².